The average molecular weight is 430 g/mol. The van der Waals surface area contributed by atoms with E-state index in [4.69, 9.17) is 4.74 Å². The molecule has 0 unspecified atom stereocenters. The summed E-state index contributed by atoms with van der Waals surface area (Å²) in [6.07, 6.45) is 0.862. The van der Waals surface area contributed by atoms with Crippen molar-refractivity contribution in [2.24, 2.45) is 0 Å². The fourth-order valence-electron chi connectivity index (χ4n) is 3.28. The lowest BCUT2D eigenvalue weighted by Gasteiger charge is -2.11. The van der Waals surface area contributed by atoms with Gasteiger partial charge in [0.05, 0.1) is 21.5 Å². The van der Waals surface area contributed by atoms with Crippen LogP contribution in [0.2, 0.25) is 0 Å². The number of benzene rings is 2. The number of esters is 1. The number of sulfonamides is 1. The Labute approximate surface area is 177 Å². The number of carbonyl (C=O) groups is 1. The summed E-state index contributed by atoms with van der Waals surface area (Å²) in [6.45, 7) is 6.54. The molecular weight excluding hydrogens is 402 g/mol. The van der Waals surface area contributed by atoms with Crippen molar-refractivity contribution in [1.29, 1.82) is 0 Å². The van der Waals surface area contributed by atoms with E-state index in [0.29, 0.717) is 23.4 Å². The second-order valence-corrected chi connectivity index (χ2v) is 9.66. The molecule has 0 aliphatic heterocycles. The van der Waals surface area contributed by atoms with Crippen LogP contribution in [0.1, 0.15) is 40.7 Å². The Balaban J connectivity index is 1.93. The maximum Gasteiger partial charge on any atom is 0.338 e. The molecule has 8 heteroatoms. The predicted molar refractivity (Wildman–Crippen MR) is 116 cm³/mol. The summed E-state index contributed by atoms with van der Waals surface area (Å²) in [5.74, 6) is 0.187. The fraction of sp³-hybridized carbons (Fsp3) is 0.364. The third-order valence-corrected chi connectivity index (χ3v) is 6.78. The van der Waals surface area contributed by atoms with Crippen LogP contribution in [0, 0.1) is 13.8 Å². The Kier molecular flexibility index (Phi) is 6.28. The Bertz CT molecular complexity index is 1200. The summed E-state index contributed by atoms with van der Waals surface area (Å²) in [5, 5.41) is 0. The van der Waals surface area contributed by atoms with Crippen LogP contribution in [-0.2, 0) is 27.9 Å². The van der Waals surface area contributed by atoms with Crippen LogP contribution in [0.4, 0.5) is 0 Å². The minimum Gasteiger partial charge on any atom is -0.454 e. The zero-order valence-corrected chi connectivity index (χ0v) is 18.8. The number of nitrogens with zero attached hydrogens (tertiary/aromatic N) is 3. The minimum atomic E-state index is -3.56. The quantitative estimate of drug-likeness (QED) is 0.535. The zero-order valence-electron chi connectivity index (χ0n) is 18.0. The number of ether oxygens (including phenoxy) is 1. The SMILES string of the molecule is CCCn1c(COC(=O)c2cc(C)ccc2C)nc2cc(S(=O)(=O)N(C)C)ccc21. The van der Waals surface area contributed by atoms with Crippen molar-refractivity contribution >= 4 is 27.0 Å². The van der Waals surface area contributed by atoms with Crippen molar-refractivity contribution in [1.82, 2.24) is 13.9 Å². The first-order valence-corrected chi connectivity index (χ1v) is 11.2. The molecule has 30 heavy (non-hydrogen) atoms. The van der Waals surface area contributed by atoms with Gasteiger partial charge in [0.2, 0.25) is 10.0 Å². The van der Waals surface area contributed by atoms with Gasteiger partial charge < -0.3 is 9.30 Å². The molecule has 0 N–H and O–H groups in total. The van der Waals surface area contributed by atoms with Gasteiger partial charge >= 0.3 is 5.97 Å². The van der Waals surface area contributed by atoms with Crippen molar-refractivity contribution < 1.29 is 17.9 Å². The molecule has 0 aliphatic rings. The van der Waals surface area contributed by atoms with Crippen molar-refractivity contribution in [2.75, 3.05) is 14.1 Å². The molecular formula is C22H27N3O4S. The smallest absolute Gasteiger partial charge is 0.338 e. The van der Waals surface area contributed by atoms with E-state index in [1.807, 2.05) is 43.5 Å². The van der Waals surface area contributed by atoms with Gasteiger partial charge in [-0.25, -0.2) is 22.5 Å². The second-order valence-electron chi connectivity index (χ2n) is 7.51. The molecule has 2 aromatic carbocycles. The van der Waals surface area contributed by atoms with Crippen molar-refractivity contribution in [3.63, 3.8) is 0 Å². The number of hydrogen-bond donors (Lipinski definition) is 0. The average Bonchev–Trinajstić information content (AvgIpc) is 3.05. The highest BCUT2D eigenvalue weighted by atomic mass is 32.2. The molecule has 3 aromatic rings. The highest BCUT2D eigenvalue weighted by molar-refractivity contribution is 7.89. The zero-order chi connectivity index (χ0) is 22.1. The number of rotatable bonds is 7. The molecule has 0 saturated heterocycles. The lowest BCUT2D eigenvalue weighted by atomic mass is 10.1. The Morgan fingerprint density at radius 2 is 1.87 bits per heavy atom. The number of fused-ring (bicyclic) bond motifs is 1. The number of aryl methyl sites for hydroxylation is 3. The van der Waals surface area contributed by atoms with Crippen LogP contribution in [0.15, 0.2) is 41.3 Å². The molecule has 1 aromatic heterocycles. The van der Waals surface area contributed by atoms with Crippen LogP contribution in [-0.4, -0.2) is 42.3 Å². The van der Waals surface area contributed by atoms with Gasteiger partial charge in [-0.2, -0.15) is 0 Å². The number of imidazole rings is 1. The van der Waals surface area contributed by atoms with Gasteiger partial charge in [-0.3, -0.25) is 0 Å². The molecule has 3 rings (SSSR count). The van der Waals surface area contributed by atoms with Crippen molar-refractivity contribution in [3.8, 4) is 0 Å². The van der Waals surface area contributed by atoms with Gasteiger partial charge in [0, 0.05) is 20.6 Å². The maximum absolute atomic E-state index is 12.6. The van der Waals surface area contributed by atoms with Crippen LogP contribution in [0.25, 0.3) is 11.0 Å². The number of aromatic nitrogens is 2. The van der Waals surface area contributed by atoms with Gasteiger partial charge in [-0.05, 0) is 50.1 Å². The molecule has 160 valence electrons. The van der Waals surface area contributed by atoms with Gasteiger partial charge in [0.15, 0.2) is 0 Å². The molecule has 0 amide bonds. The van der Waals surface area contributed by atoms with E-state index in [-0.39, 0.29) is 11.5 Å². The van der Waals surface area contributed by atoms with E-state index in [1.165, 1.54) is 18.4 Å². The highest BCUT2D eigenvalue weighted by Crippen LogP contribution is 2.23. The summed E-state index contributed by atoms with van der Waals surface area (Å²) in [5.41, 5.74) is 3.75. The molecule has 0 spiro atoms. The summed E-state index contributed by atoms with van der Waals surface area (Å²) in [6, 6.07) is 10.6. The molecule has 0 saturated carbocycles. The lowest BCUT2D eigenvalue weighted by molar-refractivity contribution is 0.0457. The van der Waals surface area contributed by atoms with Crippen LogP contribution in [0.3, 0.4) is 0 Å². The molecule has 1 heterocycles. The minimum absolute atomic E-state index is 0.0106. The van der Waals surface area contributed by atoms with E-state index in [9.17, 15) is 13.2 Å². The number of carbonyl (C=O) groups excluding carboxylic acids is 1. The van der Waals surface area contributed by atoms with Gasteiger partial charge in [0.1, 0.15) is 12.4 Å². The first-order chi connectivity index (χ1) is 14.1. The Morgan fingerprint density at radius 1 is 1.13 bits per heavy atom. The van der Waals surface area contributed by atoms with Crippen LogP contribution in [0.5, 0.6) is 0 Å². The first kappa shape index (κ1) is 22.0. The van der Waals surface area contributed by atoms with E-state index in [2.05, 4.69) is 4.98 Å². The predicted octanol–water partition coefficient (Wildman–Crippen LogP) is 3.67. The van der Waals surface area contributed by atoms with Crippen molar-refractivity contribution in [2.45, 2.75) is 45.2 Å². The summed E-state index contributed by atoms with van der Waals surface area (Å²) >= 11 is 0. The van der Waals surface area contributed by atoms with Crippen LogP contribution < -0.4 is 0 Å². The molecule has 0 fully saturated rings. The summed E-state index contributed by atoms with van der Waals surface area (Å²) < 4.78 is 33.6. The molecule has 7 nitrogen and oxygen atoms in total. The molecule has 0 radical (unpaired) electrons. The lowest BCUT2D eigenvalue weighted by Crippen LogP contribution is -2.22. The van der Waals surface area contributed by atoms with Crippen molar-refractivity contribution in [3.05, 3.63) is 58.9 Å². The third kappa shape index (κ3) is 4.24. The highest BCUT2D eigenvalue weighted by Gasteiger charge is 2.20. The number of hydrogen-bond acceptors (Lipinski definition) is 5. The monoisotopic (exact) mass is 429 g/mol. The molecule has 0 atom stereocenters. The molecule has 0 bridgehead atoms. The van der Waals surface area contributed by atoms with Gasteiger partial charge in [-0.15, -0.1) is 0 Å². The van der Waals surface area contributed by atoms with E-state index < -0.39 is 16.0 Å². The Hall–Kier alpha value is -2.71. The van der Waals surface area contributed by atoms with E-state index in [1.54, 1.807) is 18.2 Å². The van der Waals surface area contributed by atoms with E-state index in [0.717, 1.165) is 23.1 Å². The largest absolute Gasteiger partial charge is 0.454 e. The maximum atomic E-state index is 12.6. The second kappa shape index (κ2) is 8.57. The summed E-state index contributed by atoms with van der Waals surface area (Å²) in [4.78, 5) is 17.3. The standard InChI is InChI=1S/C22H27N3O4S/c1-6-11-25-20-10-9-17(30(27,28)24(4)5)13-19(20)23-21(25)14-29-22(26)18-12-15(2)7-8-16(18)3/h7-10,12-13H,6,11,14H2,1-5H3. The van der Waals surface area contributed by atoms with E-state index >= 15 is 0 Å². The normalized spacial score (nSPS) is 11.9. The topological polar surface area (TPSA) is 81.5 Å². The summed E-state index contributed by atoms with van der Waals surface area (Å²) in [7, 11) is -0.569. The Morgan fingerprint density at radius 3 is 2.53 bits per heavy atom. The van der Waals surface area contributed by atoms with Gasteiger partial charge in [-0.1, -0.05) is 24.6 Å². The first-order valence-electron chi connectivity index (χ1n) is 9.81. The molecule has 0 aliphatic carbocycles. The van der Waals surface area contributed by atoms with Gasteiger partial charge in [0.25, 0.3) is 0 Å². The fourth-order valence-corrected chi connectivity index (χ4v) is 4.20. The van der Waals surface area contributed by atoms with Crippen LogP contribution >= 0.6 is 0 Å². The third-order valence-electron chi connectivity index (χ3n) is 4.97.